The molecule has 2 heterocycles. The normalized spacial score (nSPS) is 11.3. The second-order valence-corrected chi connectivity index (χ2v) is 9.74. The van der Waals surface area contributed by atoms with E-state index in [2.05, 4.69) is 32.7 Å². The fourth-order valence-electron chi connectivity index (χ4n) is 4.06. The third-order valence-corrected chi connectivity index (χ3v) is 7.05. The standard InChI is InChI=1S/C28H33N7O2S/c1-5-6-10-17-34-21(3)25(20(2)33-34)18-29-30-26(36)19-38-28-32-31-27(22-13-15-24(37-4)16-14-22)35(28)23-11-8-7-9-12-23/h7-9,11-16,18H,5-6,10,17,19H2,1-4H3,(H,30,36)/b29-18-. The average molecular weight is 532 g/mol. The minimum Gasteiger partial charge on any atom is -0.497 e. The van der Waals surface area contributed by atoms with Crippen molar-refractivity contribution in [2.45, 2.75) is 51.7 Å². The first kappa shape index (κ1) is 27.1. The number of para-hydroxylation sites is 1. The number of nitrogens with zero attached hydrogens (tertiary/aromatic N) is 6. The minimum absolute atomic E-state index is 0.138. The zero-order valence-corrected chi connectivity index (χ0v) is 23.0. The summed E-state index contributed by atoms with van der Waals surface area (Å²) in [7, 11) is 1.63. The van der Waals surface area contributed by atoms with Gasteiger partial charge >= 0.3 is 0 Å². The van der Waals surface area contributed by atoms with E-state index in [9.17, 15) is 4.79 Å². The summed E-state index contributed by atoms with van der Waals surface area (Å²) in [6, 6.07) is 17.5. The van der Waals surface area contributed by atoms with Crippen molar-refractivity contribution in [2.24, 2.45) is 5.10 Å². The number of methoxy groups -OCH3 is 1. The summed E-state index contributed by atoms with van der Waals surface area (Å²) in [5.74, 6) is 1.35. The molecule has 2 aromatic carbocycles. The van der Waals surface area contributed by atoms with Gasteiger partial charge in [-0.25, -0.2) is 5.43 Å². The van der Waals surface area contributed by atoms with E-state index in [0.717, 1.165) is 46.9 Å². The number of nitrogens with one attached hydrogen (secondary N) is 1. The molecule has 38 heavy (non-hydrogen) atoms. The highest BCUT2D eigenvalue weighted by molar-refractivity contribution is 7.99. The Morgan fingerprint density at radius 3 is 2.55 bits per heavy atom. The number of unbranched alkanes of at least 4 members (excludes halogenated alkanes) is 2. The van der Waals surface area contributed by atoms with Crippen molar-refractivity contribution in [3.63, 3.8) is 0 Å². The second kappa shape index (κ2) is 13.0. The molecule has 0 spiro atoms. The summed E-state index contributed by atoms with van der Waals surface area (Å²) < 4.78 is 9.24. The number of thioether (sulfide) groups is 1. The van der Waals surface area contributed by atoms with E-state index >= 15 is 0 Å². The van der Waals surface area contributed by atoms with Gasteiger partial charge in [-0.2, -0.15) is 10.2 Å². The molecule has 0 saturated heterocycles. The molecule has 4 rings (SSSR count). The molecule has 0 atom stereocenters. The van der Waals surface area contributed by atoms with Crippen molar-refractivity contribution in [1.29, 1.82) is 0 Å². The zero-order valence-electron chi connectivity index (χ0n) is 22.2. The highest BCUT2D eigenvalue weighted by atomic mass is 32.2. The van der Waals surface area contributed by atoms with E-state index in [-0.39, 0.29) is 11.7 Å². The zero-order chi connectivity index (χ0) is 26.9. The Bertz CT molecular complexity index is 1380. The third kappa shape index (κ3) is 6.49. The topological polar surface area (TPSA) is 99.2 Å². The van der Waals surface area contributed by atoms with Crippen LogP contribution in [0, 0.1) is 13.8 Å². The maximum Gasteiger partial charge on any atom is 0.250 e. The minimum atomic E-state index is -0.231. The molecule has 10 heteroatoms. The number of ether oxygens (including phenoxy) is 1. The van der Waals surface area contributed by atoms with Crippen LogP contribution in [0.3, 0.4) is 0 Å². The number of hydrogen-bond acceptors (Lipinski definition) is 7. The number of aryl methyl sites for hydroxylation is 2. The molecule has 2 aromatic heterocycles. The predicted molar refractivity (Wildman–Crippen MR) is 151 cm³/mol. The van der Waals surface area contributed by atoms with E-state index in [1.807, 2.05) is 77.7 Å². The van der Waals surface area contributed by atoms with Crippen LogP contribution in [0.1, 0.15) is 43.1 Å². The number of hydrazone groups is 1. The molecule has 0 radical (unpaired) electrons. The fraction of sp³-hybridized carbons (Fsp3) is 0.321. The van der Waals surface area contributed by atoms with Crippen LogP contribution in [-0.2, 0) is 11.3 Å². The fourth-order valence-corrected chi connectivity index (χ4v) is 4.80. The first-order valence-corrected chi connectivity index (χ1v) is 13.6. The summed E-state index contributed by atoms with van der Waals surface area (Å²) in [5.41, 5.74) is 7.31. The van der Waals surface area contributed by atoms with E-state index in [4.69, 9.17) is 4.74 Å². The van der Waals surface area contributed by atoms with Gasteiger partial charge in [0, 0.05) is 29.1 Å². The first-order valence-electron chi connectivity index (χ1n) is 12.7. The van der Waals surface area contributed by atoms with E-state index < -0.39 is 0 Å². The lowest BCUT2D eigenvalue weighted by molar-refractivity contribution is -0.118. The summed E-state index contributed by atoms with van der Waals surface area (Å²) in [4.78, 5) is 12.6. The third-order valence-electron chi connectivity index (χ3n) is 6.12. The van der Waals surface area contributed by atoms with Crippen LogP contribution in [0.25, 0.3) is 17.1 Å². The first-order chi connectivity index (χ1) is 18.5. The van der Waals surface area contributed by atoms with Crippen LogP contribution in [0.2, 0.25) is 0 Å². The number of hydrogen-bond donors (Lipinski definition) is 1. The Morgan fingerprint density at radius 2 is 1.84 bits per heavy atom. The summed E-state index contributed by atoms with van der Waals surface area (Å²) in [6.45, 7) is 7.06. The van der Waals surface area contributed by atoms with Crippen LogP contribution < -0.4 is 10.2 Å². The van der Waals surface area contributed by atoms with Crippen molar-refractivity contribution in [1.82, 2.24) is 30.0 Å². The van der Waals surface area contributed by atoms with Crippen molar-refractivity contribution in [2.75, 3.05) is 12.9 Å². The van der Waals surface area contributed by atoms with E-state index in [1.165, 1.54) is 24.6 Å². The van der Waals surface area contributed by atoms with Gasteiger partial charge in [0.05, 0.1) is 24.8 Å². The molecule has 198 valence electrons. The van der Waals surface area contributed by atoms with Gasteiger partial charge in [0.1, 0.15) is 5.75 Å². The average Bonchev–Trinajstić information content (AvgIpc) is 3.48. The van der Waals surface area contributed by atoms with Gasteiger partial charge in [-0.15, -0.1) is 10.2 Å². The monoisotopic (exact) mass is 531 g/mol. The maximum absolute atomic E-state index is 12.6. The number of benzene rings is 2. The Morgan fingerprint density at radius 1 is 1.08 bits per heavy atom. The number of aromatic nitrogens is 5. The van der Waals surface area contributed by atoms with Crippen LogP contribution in [-0.4, -0.2) is 49.5 Å². The van der Waals surface area contributed by atoms with Gasteiger partial charge < -0.3 is 4.74 Å². The van der Waals surface area contributed by atoms with Crippen molar-refractivity contribution < 1.29 is 9.53 Å². The lowest BCUT2D eigenvalue weighted by atomic mass is 10.2. The molecule has 0 unspecified atom stereocenters. The van der Waals surface area contributed by atoms with Crippen molar-refractivity contribution in [3.05, 3.63) is 71.5 Å². The molecule has 1 N–H and O–H groups in total. The largest absolute Gasteiger partial charge is 0.497 e. The predicted octanol–water partition coefficient (Wildman–Crippen LogP) is 5.19. The van der Waals surface area contributed by atoms with Gasteiger partial charge in [0.2, 0.25) is 0 Å². The highest BCUT2D eigenvalue weighted by Crippen LogP contribution is 2.29. The van der Waals surface area contributed by atoms with E-state index in [0.29, 0.717) is 11.0 Å². The SMILES string of the molecule is CCCCCn1nc(C)c(/C=N\NC(=O)CSc2nnc(-c3ccc(OC)cc3)n2-c2ccccc2)c1C. The number of amides is 1. The number of rotatable bonds is 12. The summed E-state index contributed by atoms with van der Waals surface area (Å²) >= 11 is 1.30. The molecule has 4 aromatic rings. The molecule has 0 saturated carbocycles. The molecule has 0 aliphatic rings. The van der Waals surface area contributed by atoms with Gasteiger partial charge in [0.15, 0.2) is 11.0 Å². The molecular weight excluding hydrogens is 498 g/mol. The van der Waals surface area contributed by atoms with Crippen LogP contribution in [0.4, 0.5) is 0 Å². The molecule has 0 aliphatic carbocycles. The van der Waals surface area contributed by atoms with Gasteiger partial charge in [-0.1, -0.05) is 49.7 Å². The summed E-state index contributed by atoms with van der Waals surface area (Å²) in [6.07, 6.45) is 5.11. The smallest absolute Gasteiger partial charge is 0.250 e. The molecular formula is C28H33N7O2S. The van der Waals surface area contributed by atoms with Crippen molar-refractivity contribution in [3.8, 4) is 22.8 Å². The quantitative estimate of drug-likeness (QED) is 0.117. The van der Waals surface area contributed by atoms with Gasteiger partial charge in [0.25, 0.3) is 5.91 Å². The van der Waals surface area contributed by atoms with E-state index in [1.54, 1.807) is 13.3 Å². The maximum atomic E-state index is 12.6. The van der Waals surface area contributed by atoms with Crippen LogP contribution >= 0.6 is 11.8 Å². The molecule has 0 fully saturated rings. The Balaban J connectivity index is 1.44. The van der Waals surface area contributed by atoms with Crippen molar-refractivity contribution >= 4 is 23.9 Å². The Labute approximate surface area is 227 Å². The lowest BCUT2D eigenvalue weighted by Crippen LogP contribution is -2.20. The molecule has 0 bridgehead atoms. The molecule has 9 nitrogen and oxygen atoms in total. The second-order valence-electron chi connectivity index (χ2n) is 8.80. The molecule has 0 aliphatic heterocycles. The Hall–Kier alpha value is -3.92. The van der Waals surface area contributed by atoms with Crippen LogP contribution in [0.5, 0.6) is 5.75 Å². The van der Waals surface area contributed by atoms with Gasteiger partial charge in [-0.3, -0.25) is 14.0 Å². The van der Waals surface area contributed by atoms with Gasteiger partial charge in [-0.05, 0) is 56.7 Å². The number of carbonyl (C=O) groups is 1. The van der Waals surface area contributed by atoms with Crippen LogP contribution in [0.15, 0.2) is 64.9 Å². The highest BCUT2D eigenvalue weighted by Gasteiger charge is 2.17. The summed E-state index contributed by atoms with van der Waals surface area (Å²) in [5, 5.41) is 18.2. The lowest BCUT2D eigenvalue weighted by Gasteiger charge is -2.10. The molecule has 1 amide bonds. The Kier molecular flexibility index (Phi) is 9.31. The number of carbonyl (C=O) groups excluding carboxylic acids is 1.